The molecule has 1 rings (SSSR count). The molecule has 0 bridgehead atoms. The molecule has 0 radical (unpaired) electrons. The molecule has 0 aliphatic rings. The van der Waals surface area contributed by atoms with Crippen LogP contribution in [0.4, 0.5) is 0 Å². The summed E-state index contributed by atoms with van der Waals surface area (Å²) in [6, 6.07) is 0. The van der Waals surface area contributed by atoms with Gasteiger partial charge in [-0.05, 0) is 38.5 Å². The van der Waals surface area contributed by atoms with Gasteiger partial charge in [0.05, 0.1) is 34.5 Å². The molecular weight excluding hydrogens is 1390 g/mol. The first-order chi connectivity index (χ1) is 49.1. The molecule has 0 N–H and O–H groups in total. The summed E-state index contributed by atoms with van der Waals surface area (Å²) in [5, 5.41) is 0. The van der Waals surface area contributed by atoms with Crippen LogP contribution in [-0.2, 0) is 59.0 Å². The summed E-state index contributed by atoms with van der Waals surface area (Å²) in [5.41, 5.74) is 0. The second-order valence-electron chi connectivity index (χ2n) is 31.1. The van der Waals surface area contributed by atoms with Crippen LogP contribution in [0.25, 0.3) is 0 Å². The fourth-order valence-corrected chi connectivity index (χ4v) is 29.0. The lowest BCUT2D eigenvalue weighted by Gasteiger charge is -2.26. The predicted octanol–water partition coefficient (Wildman–Crippen LogP) is 26.2. The zero-order chi connectivity index (χ0) is 75.4. The lowest BCUT2D eigenvalue weighted by atomic mass is 10.1. The van der Waals surface area contributed by atoms with Gasteiger partial charge in [-0.1, -0.05) is 427 Å². The van der Waals surface area contributed by atoms with Gasteiger partial charge < -0.3 is 0 Å². The van der Waals surface area contributed by atoms with E-state index in [2.05, 4.69) is 41.5 Å². The number of benzene rings is 1. The number of sulfone groups is 6. The Morgan fingerprint density at radius 1 is 0.118 bits per heavy atom. The summed E-state index contributed by atoms with van der Waals surface area (Å²) >= 11 is 0. The fraction of sp³-hybridized carbons (Fsp3) is 0.929. The minimum atomic E-state index is -5.25. The van der Waals surface area contributed by atoms with Crippen LogP contribution in [0.5, 0.6) is 0 Å². The zero-order valence-electron chi connectivity index (χ0n) is 67.3. The van der Waals surface area contributed by atoms with Crippen LogP contribution in [0.15, 0.2) is 29.4 Å². The van der Waals surface area contributed by atoms with Crippen LogP contribution in [0.2, 0.25) is 0 Å². The fourth-order valence-electron chi connectivity index (χ4n) is 14.7. The average Bonchev–Trinajstić information content (AvgIpc) is 0.692. The predicted molar refractivity (Wildman–Crippen MR) is 438 cm³/mol. The average molecular weight is 1560 g/mol. The molecule has 1 aromatic rings. The Labute approximate surface area is 634 Å². The summed E-state index contributed by atoms with van der Waals surface area (Å²) in [5.74, 6) is -4.71. The maximum atomic E-state index is 16.1. The maximum Gasteiger partial charge on any atom is 0.181 e. The van der Waals surface area contributed by atoms with E-state index in [0.717, 1.165) is 231 Å². The molecule has 0 fully saturated rings. The van der Waals surface area contributed by atoms with E-state index in [1.807, 2.05) is 0 Å². The molecule has 18 heteroatoms. The van der Waals surface area contributed by atoms with Crippen LogP contribution in [0, 0.1) is 0 Å². The molecule has 12 nitrogen and oxygen atoms in total. The Morgan fingerprint density at radius 2 is 0.186 bits per heavy atom. The molecule has 0 amide bonds. The highest BCUT2D eigenvalue weighted by molar-refractivity contribution is 7.99. The van der Waals surface area contributed by atoms with Crippen molar-refractivity contribution in [3.63, 3.8) is 0 Å². The minimum Gasteiger partial charge on any atom is -0.224 e. The first-order valence-electron chi connectivity index (χ1n) is 43.7. The van der Waals surface area contributed by atoms with E-state index >= 15 is 50.5 Å². The highest BCUT2D eigenvalue weighted by atomic mass is 32.2. The van der Waals surface area contributed by atoms with Crippen molar-refractivity contribution in [3.8, 4) is 0 Å². The van der Waals surface area contributed by atoms with Crippen molar-refractivity contribution in [1.29, 1.82) is 0 Å². The van der Waals surface area contributed by atoms with Gasteiger partial charge in [-0.2, -0.15) is 0 Å². The van der Waals surface area contributed by atoms with Gasteiger partial charge in [-0.3, -0.25) is 0 Å². The Balaban J connectivity index is 4.63. The molecule has 0 unspecified atom stereocenters. The smallest absolute Gasteiger partial charge is 0.181 e. The van der Waals surface area contributed by atoms with Gasteiger partial charge in [0.2, 0.25) is 0 Å². The summed E-state index contributed by atoms with van der Waals surface area (Å²) < 4.78 is 193. The van der Waals surface area contributed by atoms with Crippen molar-refractivity contribution in [2.24, 2.45) is 0 Å². The number of rotatable bonds is 78. The summed E-state index contributed by atoms with van der Waals surface area (Å²) in [6.45, 7) is 13.1. The van der Waals surface area contributed by atoms with E-state index < -0.39 is 123 Å². The summed E-state index contributed by atoms with van der Waals surface area (Å²) in [7, 11) is -31.5. The standard InChI is InChI=1S/C84H162O12S6/c1-7-13-19-25-31-37-43-49-55-61-67-73-97(85,86)79-80(98(87,88)74-68-62-56-50-44-38-32-26-20-14-8-2)82(100(91,92)76-70-64-58-52-46-40-34-28-22-16-10-4)84(102(95,96)78-72-66-60-54-48-42-36-30-24-18-12-6)83(101(93,94)77-71-65-59-53-47-41-35-29-23-17-11-5)81(79)99(89,90)75-69-63-57-51-45-39-33-27-21-15-9-3/h7-78H2,1-6H3. The van der Waals surface area contributed by atoms with Crippen molar-refractivity contribution in [2.45, 2.75) is 495 Å². The van der Waals surface area contributed by atoms with Crippen LogP contribution in [-0.4, -0.2) is 85.0 Å². The quantitative estimate of drug-likeness (QED) is 0.0559. The third-order valence-electron chi connectivity index (χ3n) is 21.2. The van der Waals surface area contributed by atoms with Gasteiger partial charge in [0, 0.05) is 0 Å². The Bertz CT molecular complexity index is 2360. The van der Waals surface area contributed by atoms with E-state index in [0.29, 0.717) is 77.0 Å². The molecule has 0 heterocycles. The number of hydrogen-bond donors (Lipinski definition) is 0. The lowest BCUT2D eigenvalue weighted by molar-refractivity contribution is 0.529. The second-order valence-corrected chi connectivity index (χ2v) is 43.4. The van der Waals surface area contributed by atoms with Crippen molar-refractivity contribution in [2.75, 3.05) is 34.5 Å². The highest BCUT2D eigenvalue weighted by Gasteiger charge is 2.49. The summed E-state index contributed by atoms with van der Waals surface area (Å²) in [6.07, 6.45) is 57.4. The molecule has 102 heavy (non-hydrogen) atoms. The molecule has 0 spiro atoms. The first-order valence-corrected chi connectivity index (χ1v) is 53.6. The third-order valence-corrected chi connectivity index (χ3v) is 33.1. The monoisotopic (exact) mass is 1560 g/mol. The highest BCUT2D eigenvalue weighted by Crippen LogP contribution is 2.47. The van der Waals surface area contributed by atoms with E-state index in [1.165, 1.54) is 77.0 Å². The molecule has 0 saturated carbocycles. The first kappa shape index (κ1) is 98.9. The maximum absolute atomic E-state index is 16.1. The topological polar surface area (TPSA) is 205 Å². The summed E-state index contributed by atoms with van der Waals surface area (Å²) in [4.78, 5) is -7.98. The van der Waals surface area contributed by atoms with Crippen molar-refractivity contribution >= 4 is 59.0 Å². The van der Waals surface area contributed by atoms with E-state index in [1.54, 1.807) is 0 Å². The molecule has 0 saturated heterocycles. The molecule has 606 valence electrons. The van der Waals surface area contributed by atoms with Crippen LogP contribution in [0.3, 0.4) is 0 Å². The van der Waals surface area contributed by atoms with Crippen molar-refractivity contribution in [1.82, 2.24) is 0 Å². The van der Waals surface area contributed by atoms with E-state index in [-0.39, 0.29) is 38.5 Å². The molecule has 0 atom stereocenters. The van der Waals surface area contributed by atoms with Gasteiger partial charge >= 0.3 is 0 Å². The second kappa shape index (κ2) is 62.7. The van der Waals surface area contributed by atoms with Gasteiger partial charge in [0.1, 0.15) is 29.4 Å². The van der Waals surface area contributed by atoms with Gasteiger partial charge in [-0.25, -0.2) is 50.5 Å². The van der Waals surface area contributed by atoms with Crippen LogP contribution < -0.4 is 0 Å². The molecule has 0 aromatic heterocycles. The SMILES string of the molecule is CCCCCCCCCCCCCS(=O)(=O)c1c(S(=O)(=O)CCCCCCCCCCCCC)c(S(=O)(=O)CCCCCCCCCCCCC)c(S(=O)(=O)CCCCCCCCCCCCC)c(S(=O)(=O)CCCCCCCCCCCCC)c1S(=O)(=O)CCCCCCCCCCCCC. The van der Waals surface area contributed by atoms with Gasteiger partial charge in [0.15, 0.2) is 59.0 Å². The largest absolute Gasteiger partial charge is 0.224 e. The Morgan fingerprint density at radius 3 is 0.265 bits per heavy atom. The Kier molecular flexibility index (Phi) is 60.8. The Hall–Kier alpha value is -1.08. The molecular formula is C84H162O12S6. The molecule has 0 aliphatic carbocycles. The van der Waals surface area contributed by atoms with E-state index in [9.17, 15) is 0 Å². The molecule has 0 aliphatic heterocycles. The van der Waals surface area contributed by atoms with Gasteiger partial charge in [-0.15, -0.1) is 0 Å². The van der Waals surface area contributed by atoms with Gasteiger partial charge in [0.25, 0.3) is 0 Å². The van der Waals surface area contributed by atoms with E-state index in [4.69, 9.17) is 0 Å². The normalized spacial score (nSPS) is 12.8. The molecule has 1 aromatic carbocycles. The van der Waals surface area contributed by atoms with Crippen LogP contribution >= 0.6 is 0 Å². The third kappa shape index (κ3) is 46.4. The number of hydrogen-bond acceptors (Lipinski definition) is 12. The zero-order valence-corrected chi connectivity index (χ0v) is 72.2. The van der Waals surface area contributed by atoms with Crippen molar-refractivity contribution < 1.29 is 50.5 Å². The minimum absolute atomic E-state index is 0.0322. The number of unbranched alkanes of at least 4 members (excludes halogenated alkanes) is 60. The lowest BCUT2D eigenvalue weighted by Crippen LogP contribution is -2.30. The van der Waals surface area contributed by atoms with Crippen LogP contribution in [0.1, 0.15) is 465 Å². The van der Waals surface area contributed by atoms with Crippen molar-refractivity contribution in [3.05, 3.63) is 0 Å².